The number of anilines is 2. The molecular weight excluding hydrogens is 330 g/mol. The first-order valence-corrected chi connectivity index (χ1v) is 7.96. The molecule has 0 aliphatic carbocycles. The van der Waals surface area contributed by atoms with Crippen LogP contribution in [0.4, 0.5) is 11.5 Å². The maximum atomic E-state index is 4.79. The topological polar surface area (TPSA) is 37.8 Å². The van der Waals surface area contributed by atoms with Crippen molar-refractivity contribution in [2.75, 3.05) is 5.32 Å². The van der Waals surface area contributed by atoms with Gasteiger partial charge in [-0.25, -0.2) is 9.97 Å². The average Bonchev–Trinajstić information content (AvgIpc) is 2.64. The smallest absolute Gasteiger partial charge is 0.162 e. The molecule has 124 valence electrons. The number of aromatic nitrogens is 2. The van der Waals surface area contributed by atoms with Crippen LogP contribution in [0, 0.1) is 6.92 Å². The third-order valence-electron chi connectivity index (χ3n) is 4.03. The summed E-state index contributed by atoms with van der Waals surface area (Å²) in [7, 11) is 0. The van der Waals surface area contributed by atoms with Gasteiger partial charge >= 0.3 is 0 Å². The van der Waals surface area contributed by atoms with Gasteiger partial charge in [-0.15, -0.1) is 12.4 Å². The molecule has 4 heteroatoms. The predicted octanol–water partition coefficient (Wildman–Crippen LogP) is 5.77. The molecule has 3 nitrogen and oxygen atoms in total. The van der Waals surface area contributed by atoms with Gasteiger partial charge < -0.3 is 5.32 Å². The fourth-order valence-corrected chi connectivity index (χ4v) is 2.73. The van der Waals surface area contributed by atoms with Crippen molar-refractivity contribution in [3.63, 3.8) is 0 Å². The lowest BCUT2D eigenvalue weighted by Gasteiger charge is -2.12. The maximum absolute atomic E-state index is 4.79. The molecule has 0 unspecified atom stereocenters. The number of hydrogen-bond acceptors (Lipinski definition) is 3. The van der Waals surface area contributed by atoms with Crippen LogP contribution in [-0.4, -0.2) is 9.97 Å². The van der Waals surface area contributed by atoms with E-state index in [1.165, 1.54) is 5.56 Å². The molecule has 0 saturated carbocycles. The van der Waals surface area contributed by atoms with E-state index >= 15 is 0 Å². The summed E-state index contributed by atoms with van der Waals surface area (Å²) >= 11 is 0. The van der Waals surface area contributed by atoms with Gasteiger partial charge in [0.05, 0.1) is 5.52 Å². The van der Waals surface area contributed by atoms with Crippen LogP contribution in [0.5, 0.6) is 0 Å². The molecule has 4 rings (SSSR count). The van der Waals surface area contributed by atoms with Gasteiger partial charge in [0.2, 0.25) is 0 Å². The monoisotopic (exact) mass is 347 g/mol. The van der Waals surface area contributed by atoms with E-state index in [-0.39, 0.29) is 12.4 Å². The van der Waals surface area contributed by atoms with Gasteiger partial charge in [0, 0.05) is 16.6 Å². The van der Waals surface area contributed by atoms with Crippen molar-refractivity contribution >= 4 is 34.8 Å². The van der Waals surface area contributed by atoms with Crippen LogP contribution >= 0.6 is 12.4 Å². The van der Waals surface area contributed by atoms with E-state index < -0.39 is 0 Å². The van der Waals surface area contributed by atoms with E-state index in [2.05, 4.69) is 24.4 Å². The second-order valence-corrected chi connectivity index (χ2v) is 5.72. The van der Waals surface area contributed by atoms with Crippen LogP contribution in [0.2, 0.25) is 0 Å². The van der Waals surface area contributed by atoms with Crippen LogP contribution in [0.15, 0.2) is 78.9 Å². The molecule has 1 aromatic heterocycles. The number of aryl methyl sites for hydroxylation is 1. The minimum absolute atomic E-state index is 0. The minimum Gasteiger partial charge on any atom is -0.339 e. The summed E-state index contributed by atoms with van der Waals surface area (Å²) in [6.45, 7) is 2.09. The number of hydrogen-bond donors (Lipinski definition) is 1. The van der Waals surface area contributed by atoms with Gasteiger partial charge in [-0.3, -0.25) is 0 Å². The molecule has 0 bridgehead atoms. The summed E-state index contributed by atoms with van der Waals surface area (Å²) in [6, 6.07) is 26.4. The largest absolute Gasteiger partial charge is 0.339 e. The molecule has 0 saturated heterocycles. The molecule has 0 amide bonds. The zero-order valence-corrected chi connectivity index (χ0v) is 14.6. The summed E-state index contributed by atoms with van der Waals surface area (Å²) < 4.78 is 0. The predicted molar refractivity (Wildman–Crippen MR) is 107 cm³/mol. The number of nitrogens with one attached hydrogen (secondary N) is 1. The molecule has 25 heavy (non-hydrogen) atoms. The summed E-state index contributed by atoms with van der Waals surface area (Å²) in [5.41, 5.74) is 4.18. The first-order valence-electron chi connectivity index (χ1n) is 7.96. The highest BCUT2D eigenvalue weighted by Crippen LogP contribution is 2.28. The van der Waals surface area contributed by atoms with E-state index in [4.69, 9.17) is 9.97 Å². The summed E-state index contributed by atoms with van der Waals surface area (Å²) in [4.78, 5) is 9.50. The molecule has 0 aliphatic rings. The Bertz CT molecular complexity index is 1000. The molecule has 0 spiro atoms. The van der Waals surface area contributed by atoms with Crippen molar-refractivity contribution < 1.29 is 0 Å². The second-order valence-electron chi connectivity index (χ2n) is 5.72. The van der Waals surface area contributed by atoms with Gasteiger partial charge in [-0.1, -0.05) is 60.7 Å². The van der Waals surface area contributed by atoms with E-state index in [9.17, 15) is 0 Å². The van der Waals surface area contributed by atoms with E-state index in [1.807, 2.05) is 66.7 Å². The fourth-order valence-electron chi connectivity index (χ4n) is 2.73. The molecular formula is C21H18ClN3. The maximum Gasteiger partial charge on any atom is 0.162 e. The van der Waals surface area contributed by atoms with Crippen LogP contribution < -0.4 is 5.32 Å². The zero-order chi connectivity index (χ0) is 16.4. The number of benzene rings is 3. The fraction of sp³-hybridized carbons (Fsp3) is 0.0476. The Morgan fingerprint density at radius 3 is 2.20 bits per heavy atom. The molecule has 1 N–H and O–H groups in total. The third-order valence-corrected chi connectivity index (χ3v) is 4.03. The SMILES string of the molecule is Cc1ccccc1Nc1nc(-c2ccccc2)nc2ccccc12.Cl. The van der Waals surface area contributed by atoms with Crippen molar-refractivity contribution in [3.05, 3.63) is 84.4 Å². The highest BCUT2D eigenvalue weighted by molar-refractivity contribution is 5.92. The Balaban J connectivity index is 0.00000182. The number of fused-ring (bicyclic) bond motifs is 1. The van der Waals surface area contributed by atoms with Crippen molar-refractivity contribution in [2.24, 2.45) is 0 Å². The first kappa shape index (κ1) is 16.9. The molecule has 0 fully saturated rings. The van der Waals surface area contributed by atoms with Crippen molar-refractivity contribution in [1.82, 2.24) is 9.97 Å². The standard InChI is InChI=1S/C21H17N3.ClH/c1-15-9-5-7-13-18(15)22-21-17-12-6-8-14-19(17)23-20(24-21)16-10-3-2-4-11-16;/h2-14H,1H3,(H,22,23,24);1H. The molecule has 1 heterocycles. The van der Waals surface area contributed by atoms with Crippen LogP contribution in [-0.2, 0) is 0 Å². The summed E-state index contributed by atoms with van der Waals surface area (Å²) in [5, 5.41) is 4.49. The Morgan fingerprint density at radius 1 is 0.720 bits per heavy atom. The lowest BCUT2D eigenvalue weighted by molar-refractivity contribution is 1.22. The zero-order valence-electron chi connectivity index (χ0n) is 13.8. The summed E-state index contributed by atoms with van der Waals surface area (Å²) in [5.74, 6) is 1.55. The van der Waals surface area contributed by atoms with Gasteiger partial charge in [-0.05, 0) is 30.7 Å². The van der Waals surface area contributed by atoms with E-state index in [0.717, 1.165) is 33.8 Å². The number of halogens is 1. The first-order chi connectivity index (χ1) is 11.8. The number of para-hydroxylation sites is 2. The molecule has 0 atom stereocenters. The molecule has 0 aliphatic heterocycles. The quantitative estimate of drug-likeness (QED) is 0.511. The Labute approximate surface area is 153 Å². The Kier molecular flexibility index (Phi) is 4.96. The lowest BCUT2D eigenvalue weighted by atomic mass is 10.1. The second kappa shape index (κ2) is 7.32. The van der Waals surface area contributed by atoms with Gasteiger partial charge in [0.25, 0.3) is 0 Å². The third kappa shape index (κ3) is 3.47. The molecule has 3 aromatic carbocycles. The average molecular weight is 348 g/mol. The Hall–Kier alpha value is -2.91. The lowest BCUT2D eigenvalue weighted by Crippen LogP contribution is -2.00. The minimum atomic E-state index is 0. The van der Waals surface area contributed by atoms with Gasteiger partial charge in [-0.2, -0.15) is 0 Å². The van der Waals surface area contributed by atoms with E-state index in [1.54, 1.807) is 0 Å². The van der Waals surface area contributed by atoms with Crippen LogP contribution in [0.3, 0.4) is 0 Å². The van der Waals surface area contributed by atoms with Gasteiger partial charge in [0.1, 0.15) is 5.82 Å². The van der Waals surface area contributed by atoms with E-state index in [0.29, 0.717) is 0 Å². The number of nitrogens with zero attached hydrogens (tertiary/aromatic N) is 2. The highest BCUT2D eigenvalue weighted by atomic mass is 35.5. The molecule has 0 radical (unpaired) electrons. The van der Waals surface area contributed by atoms with Crippen molar-refractivity contribution in [1.29, 1.82) is 0 Å². The normalized spacial score (nSPS) is 10.3. The highest BCUT2D eigenvalue weighted by Gasteiger charge is 2.10. The summed E-state index contributed by atoms with van der Waals surface area (Å²) in [6.07, 6.45) is 0. The van der Waals surface area contributed by atoms with Crippen molar-refractivity contribution in [2.45, 2.75) is 6.92 Å². The van der Waals surface area contributed by atoms with Crippen LogP contribution in [0.1, 0.15) is 5.56 Å². The Morgan fingerprint density at radius 2 is 1.40 bits per heavy atom. The van der Waals surface area contributed by atoms with Crippen molar-refractivity contribution in [3.8, 4) is 11.4 Å². The molecule has 4 aromatic rings. The van der Waals surface area contributed by atoms with Gasteiger partial charge in [0.15, 0.2) is 5.82 Å². The number of rotatable bonds is 3. The van der Waals surface area contributed by atoms with Crippen LogP contribution in [0.25, 0.3) is 22.3 Å².